The van der Waals surface area contributed by atoms with Crippen molar-refractivity contribution in [3.63, 3.8) is 0 Å². The lowest BCUT2D eigenvalue weighted by Crippen LogP contribution is -2.10. The van der Waals surface area contributed by atoms with Crippen LogP contribution in [-0.2, 0) is 0 Å². The molecule has 0 amide bonds. The van der Waals surface area contributed by atoms with Crippen LogP contribution in [0.1, 0.15) is 0 Å². The van der Waals surface area contributed by atoms with E-state index < -0.39 is 0 Å². The van der Waals surface area contributed by atoms with E-state index in [9.17, 15) is 0 Å². The van der Waals surface area contributed by atoms with Gasteiger partial charge in [-0.2, -0.15) is 0 Å². The smallest absolute Gasteiger partial charge is 0.136 e. The van der Waals surface area contributed by atoms with Gasteiger partial charge < -0.3 is 9.32 Å². The second kappa shape index (κ2) is 14.1. The Morgan fingerprint density at radius 3 is 1.57 bits per heavy atom. The second-order valence-electron chi connectivity index (χ2n) is 14.9. The second-order valence-corrected chi connectivity index (χ2v) is 14.9. The molecule has 0 atom stereocenters. The van der Waals surface area contributed by atoms with Crippen LogP contribution in [0.4, 0.5) is 17.1 Å². The number of nitrogens with zero attached hydrogens (tertiary/aromatic N) is 1. The van der Waals surface area contributed by atoms with Gasteiger partial charge in [0.2, 0.25) is 0 Å². The Morgan fingerprint density at radius 1 is 0.293 bits per heavy atom. The topological polar surface area (TPSA) is 16.4 Å². The lowest BCUT2D eigenvalue weighted by atomic mass is 9.93. The van der Waals surface area contributed by atoms with Crippen molar-refractivity contribution < 1.29 is 4.42 Å². The summed E-state index contributed by atoms with van der Waals surface area (Å²) >= 11 is 0. The number of benzene rings is 10. The first-order valence-electron chi connectivity index (χ1n) is 19.8. The third-order valence-corrected chi connectivity index (χ3v) is 11.4. The summed E-state index contributed by atoms with van der Waals surface area (Å²) < 4.78 is 6.47. The molecule has 1 heterocycles. The molecule has 1 aromatic heterocycles. The van der Waals surface area contributed by atoms with Crippen LogP contribution in [0, 0.1) is 0 Å². The molecule has 0 bridgehead atoms. The van der Waals surface area contributed by atoms with Gasteiger partial charge in [-0.3, -0.25) is 0 Å². The number of para-hydroxylation sites is 1. The molecule has 0 N–H and O–H groups in total. The summed E-state index contributed by atoms with van der Waals surface area (Å²) in [6, 6.07) is 80.7. The van der Waals surface area contributed by atoms with E-state index in [4.69, 9.17) is 4.42 Å². The summed E-state index contributed by atoms with van der Waals surface area (Å²) in [6.45, 7) is 0. The lowest BCUT2D eigenvalue weighted by Gasteiger charge is -2.28. The Morgan fingerprint density at radius 2 is 0.845 bits per heavy atom. The number of fused-ring (bicyclic) bond motifs is 5. The molecule has 11 rings (SSSR count). The van der Waals surface area contributed by atoms with Gasteiger partial charge in [0.1, 0.15) is 11.3 Å². The molecule has 2 heteroatoms. The highest BCUT2D eigenvalue weighted by Crippen LogP contribution is 2.44. The first kappa shape index (κ1) is 33.6. The Kier molecular flexibility index (Phi) is 8.19. The molecular weight excluding hydrogens is 703 g/mol. The van der Waals surface area contributed by atoms with Crippen LogP contribution < -0.4 is 4.90 Å². The predicted octanol–water partition coefficient (Wildman–Crippen LogP) is 16.0. The summed E-state index contributed by atoms with van der Waals surface area (Å²) in [6.07, 6.45) is 0. The minimum absolute atomic E-state index is 0.861. The Balaban J connectivity index is 1.03. The van der Waals surface area contributed by atoms with E-state index in [1.807, 2.05) is 12.1 Å². The molecule has 0 fully saturated rings. The average molecular weight is 740 g/mol. The van der Waals surface area contributed by atoms with E-state index in [1.165, 1.54) is 43.4 Å². The van der Waals surface area contributed by atoms with Crippen LogP contribution in [0.5, 0.6) is 0 Å². The summed E-state index contributed by atoms with van der Waals surface area (Å²) in [5, 5.41) is 8.49. The molecule has 0 spiro atoms. The van der Waals surface area contributed by atoms with Gasteiger partial charge in [-0.25, -0.2) is 0 Å². The molecule has 0 saturated heterocycles. The van der Waals surface area contributed by atoms with E-state index >= 15 is 0 Å². The third kappa shape index (κ3) is 6.00. The first-order valence-corrected chi connectivity index (χ1v) is 19.8. The van der Waals surface area contributed by atoms with Gasteiger partial charge >= 0.3 is 0 Å². The third-order valence-electron chi connectivity index (χ3n) is 11.4. The zero-order valence-electron chi connectivity index (χ0n) is 31.7. The maximum absolute atomic E-state index is 6.47. The molecule has 0 aliphatic heterocycles. The quantitative estimate of drug-likeness (QED) is 0.151. The number of anilines is 3. The van der Waals surface area contributed by atoms with E-state index in [0.29, 0.717) is 0 Å². The van der Waals surface area contributed by atoms with Crippen molar-refractivity contribution in [3.05, 3.63) is 224 Å². The van der Waals surface area contributed by atoms with Gasteiger partial charge in [0.25, 0.3) is 0 Å². The Bertz CT molecular complexity index is 3240. The van der Waals surface area contributed by atoms with E-state index in [-0.39, 0.29) is 0 Å². The fourth-order valence-electron chi connectivity index (χ4n) is 8.53. The van der Waals surface area contributed by atoms with Crippen LogP contribution in [-0.4, -0.2) is 0 Å². The van der Waals surface area contributed by atoms with Crippen molar-refractivity contribution in [3.8, 4) is 44.7 Å². The highest BCUT2D eigenvalue weighted by molar-refractivity contribution is 6.14. The highest BCUT2D eigenvalue weighted by atomic mass is 16.3. The largest absolute Gasteiger partial charge is 0.456 e. The monoisotopic (exact) mass is 739 g/mol. The molecule has 58 heavy (non-hydrogen) atoms. The SMILES string of the molecule is c1ccc(-c2ccc(-c3ccc(N(c4ccc(-c5ccc6ccccc6c5)cc4)c4cc5ccccc5c5ccccc45)cc3)cc2-c2cc3ccccc3o2)cc1. The van der Waals surface area contributed by atoms with Gasteiger partial charge in [0, 0.05) is 27.7 Å². The van der Waals surface area contributed by atoms with Crippen molar-refractivity contribution in [2.45, 2.75) is 0 Å². The molecular formula is C56H37NO. The zero-order valence-corrected chi connectivity index (χ0v) is 31.7. The lowest BCUT2D eigenvalue weighted by molar-refractivity contribution is 0.632. The van der Waals surface area contributed by atoms with E-state index in [1.54, 1.807) is 0 Å². The van der Waals surface area contributed by atoms with Crippen molar-refractivity contribution >= 4 is 60.3 Å². The summed E-state index contributed by atoms with van der Waals surface area (Å²) in [4.78, 5) is 2.40. The molecule has 0 radical (unpaired) electrons. The van der Waals surface area contributed by atoms with E-state index in [0.717, 1.165) is 61.6 Å². The molecule has 0 saturated carbocycles. The predicted molar refractivity (Wildman–Crippen MR) is 245 cm³/mol. The summed E-state index contributed by atoms with van der Waals surface area (Å²) in [5.74, 6) is 0.861. The normalized spacial score (nSPS) is 11.4. The number of rotatable bonds is 7. The molecule has 0 aliphatic carbocycles. The van der Waals surface area contributed by atoms with Crippen LogP contribution >= 0.6 is 0 Å². The zero-order chi connectivity index (χ0) is 38.4. The van der Waals surface area contributed by atoms with Gasteiger partial charge in [0.05, 0.1) is 5.69 Å². The van der Waals surface area contributed by atoms with Crippen molar-refractivity contribution in [2.75, 3.05) is 4.90 Å². The van der Waals surface area contributed by atoms with Gasteiger partial charge in [-0.1, -0.05) is 170 Å². The molecule has 10 aromatic carbocycles. The molecule has 11 aromatic rings. The van der Waals surface area contributed by atoms with Crippen molar-refractivity contribution in [1.82, 2.24) is 0 Å². The maximum Gasteiger partial charge on any atom is 0.136 e. The summed E-state index contributed by atoms with van der Waals surface area (Å²) in [5.41, 5.74) is 12.2. The summed E-state index contributed by atoms with van der Waals surface area (Å²) in [7, 11) is 0. The fourth-order valence-corrected chi connectivity index (χ4v) is 8.53. The van der Waals surface area contributed by atoms with Gasteiger partial charge in [-0.15, -0.1) is 0 Å². The molecule has 0 aliphatic rings. The minimum atomic E-state index is 0.861. The first-order chi connectivity index (χ1) is 28.7. The standard InChI is InChI=1S/C56H37NO/c1-2-13-41(14-3-1)50-33-28-44(35-53(50)56-37-46-17-7-11-21-55(46)58-56)40-26-31-48(32-27-40)57(54-36-45-16-6-8-18-49(45)51-19-9-10-20-52(51)54)47-29-24-39(25-30-47)43-23-22-38-12-4-5-15-42(38)34-43/h1-37H. The highest BCUT2D eigenvalue weighted by Gasteiger charge is 2.19. The van der Waals surface area contributed by atoms with Gasteiger partial charge in [0.15, 0.2) is 0 Å². The molecule has 2 nitrogen and oxygen atoms in total. The fraction of sp³-hybridized carbons (Fsp3) is 0. The Hall–Kier alpha value is -7.68. The van der Waals surface area contributed by atoms with E-state index in [2.05, 4.69) is 217 Å². The number of hydrogen-bond donors (Lipinski definition) is 0. The minimum Gasteiger partial charge on any atom is -0.456 e. The van der Waals surface area contributed by atoms with Crippen LogP contribution in [0.15, 0.2) is 229 Å². The van der Waals surface area contributed by atoms with Crippen LogP contribution in [0.3, 0.4) is 0 Å². The molecule has 0 unspecified atom stereocenters. The van der Waals surface area contributed by atoms with Gasteiger partial charge in [-0.05, 0) is 115 Å². The van der Waals surface area contributed by atoms with Crippen molar-refractivity contribution in [1.29, 1.82) is 0 Å². The molecule has 272 valence electrons. The Labute approximate surface area is 337 Å². The maximum atomic E-state index is 6.47. The van der Waals surface area contributed by atoms with Crippen molar-refractivity contribution in [2.24, 2.45) is 0 Å². The number of furan rings is 1. The van der Waals surface area contributed by atoms with Crippen LogP contribution in [0.25, 0.3) is 88.0 Å². The van der Waals surface area contributed by atoms with Crippen LogP contribution in [0.2, 0.25) is 0 Å². The average Bonchev–Trinajstić information content (AvgIpc) is 3.74. The number of hydrogen-bond acceptors (Lipinski definition) is 2.